The first-order valence-corrected chi connectivity index (χ1v) is 10.2. The van der Waals surface area contributed by atoms with Gasteiger partial charge in [0, 0.05) is 56.4 Å². The van der Waals surface area contributed by atoms with Gasteiger partial charge in [0.15, 0.2) is 5.96 Å². The molecule has 0 saturated carbocycles. The van der Waals surface area contributed by atoms with Crippen molar-refractivity contribution in [3.05, 3.63) is 34.0 Å². The van der Waals surface area contributed by atoms with Gasteiger partial charge in [0.25, 0.3) is 0 Å². The molecule has 2 aliphatic rings. The molecule has 4 rings (SSSR count). The number of anilines is 1. The number of hydrogen-bond acceptors (Lipinski definition) is 6. The molecule has 1 aliphatic carbocycles. The minimum atomic E-state index is 0. The summed E-state index contributed by atoms with van der Waals surface area (Å²) in [6.45, 7) is 4.12. The molecule has 7 nitrogen and oxygen atoms in total. The zero-order valence-electron chi connectivity index (χ0n) is 15.4. The summed E-state index contributed by atoms with van der Waals surface area (Å²) in [7, 11) is 0. The molecule has 0 amide bonds. The minimum absolute atomic E-state index is 0. The third-order valence-corrected chi connectivity index (χ3v) is 6.15. The summed E-state index contributed by atoms with van der Waals surface area (Å²) >= 11 is 1.87. The second-order valence-corrected chi connectivity index (χ2v) is 7.87. The van der Waals surface area contributed by atoms with E-state index in [9.17, 15) is 0 Å². The topological polar surface area (TPSA) is 83.5 Å². The Balaban J connectivity index is 0.00000210. The van der Waals surface area contributed by atoms with Crippen molar-refractivity contribution in [1.82, 2.24) is 19.9 Å². The zero-order valence-corrected chi connectivity index (χ0v) is 18.5. The van der Waals surface area contributed by atoms with Gasteiger partial charge in [-0.25, -0.2) is 15.0 Å². The number of aliphatic imine (C=N–C) groups is 1. The van der Waals surface area contributed by atoms with E-state index >= 15 is 0 Å². The number of thiazole rings is 1. The van der Waals surface area contributed by atoms with Crippen LogP contribution in [-0.2, 0) is 19.3 Å². The number of fused-ring (bicyclic) bond motifs is 1. The normalized spacial score (nSPS) is 17.4. The van der Waals surface area contributed by atoms with Crippen molar-refractivity contribution < 1.29 is 0 Å². The highest BCUT2D eigenvalue weighted by atomic mass is 127. The summed E-state index contributed by atoms with van der Waals surface area (Å²) < 4.78 is 0. The van der Waals surface area contributed by atoms with E-state index in [1.165, 1.54) is 34.8 Å². The van der Waals surface area contributed by atoms with Crippen molar-refractivity contribution in [3.8, 4) is 0 Å². The molecule has 1 fully saturated rings. The van der Waals surface area contributed by atoms with E-state index in [2.05, 4.69) is 24.8 Å². The standard InChI is InChI=1S/C18H25N7S.HI/c19-17(20-9-6-16-23-14-4-1-2-5-15(14)26-16)24-10-12-25(13-11-24)18-21-7-3-8-22-18;/h3,7-8H,1-2,4-6,9-13H2,(H2,19,20);1H. The molecule has 0 spiro atoms. The number of guanidine groups is 1. The maximum Gasteiger partial charge on any atom is 0.225 e. The lowest BCUT2D eigenvalue weighted by molar-refractivity contribution is 0.378. The van der Waals surface area contributed by atoms with Gasteiger partial charge in [0.2, 0.25) is 5.95 Å². The molecular weight excluding hydrogens is 473 g/mol. The van der Waals surface area contributed by atoms with E-state index in [1.807, 2.05) is 17.4 Å². The fraction of sp³-hybridized carbons (Fsp3) is 0.556. The number of rotatable bonds is 4. The highest BCUT2D eigenvalue weighted by Gasteiger charge is 2.20. The third-order valence-electron chi connectivity index (χ3n) is 4.93. The second-order valence-electron chi connectivity index (χ2n) is 6.70. The first kappa shape index (κ1) is 20.2. The Kier molecular flexibility index (Phi) is 7.22. The Labute approximate surface area is 181 Å². The molecule has 0 radical (unpaired) electrons. The molecule has 2 aromatic rings. The molecule has 0 bridgehead atoms. The molecule has 1 saturated heterocycles. The van der Waals surface area contributed by atoms with Crippen molar-refractivity contribution in [2.75, 3.05) is 37.6 Å². The van der Waals surface area contributed by atoms with Crippen LogP contribution in [-0.4, -0.2) is 58.5 Å². The summed E-state index contributed by atoms with van der Waals surface area (Å²) in [6.07, 6.45) is 9.37. The lowest BCUT2D eigenvalue weighted by atomic mass is 10.0. The van der Waals surface area contributed by atoms with Gasteiger partial charge in [0.05, 0.1) is 10.7 Å². The van der Waals surface area contributed by atoms with Crippen LogP contribution in [0.5, 0.6) is 0 Å². The fourth-order valence-corrected chi connectivity index (χ4v) is 4.61. The lowest BCUT2D eigenvalue weighted by Gasteiger charge is -2.35. The Morgan fingerprint density at radius 3 is 2.59 bits per heavy atom. The first-order chi connectivity index (χ1) is 12.8. The van der Waals surface area contributed by atoms with Gasteiger partial charge in [-0.15, -0.1) is 35.3 Å². The highest BCUT2D eigenvalue weighted by molar-refractivity contribution is 14.0. The molecule has 9 heteroatoms. The van der Waals surface area contributed by atoms with Crippen LogP contribution < -0.4 is 10.6 Å². The quantitative estimate of drug-likeness (QED) is 0.394. The molecule has 3 heterocycles. The highest BCUT2D eigenvalue weighted by Crippen LogP contribution is 2.26. The molecule has 2 N–H and O–H groups in total. The Morgan fingerprint density at radius 2 is 1.85 bits per heavy atom. The summed E-state index contributed by atoms with van der Waals surface area (Å²) in [5, 5.41) is 1.21. The average Bonchev–Trinajstić information content (AvgIpc) is 3.11. The van der Waals surface area contributed by atoms with Gasteiger partial charge >= 0.3 is 0 Å². The van der Waals surface area contributed by atoms with Crippen molar-refractivity contribution in [2.24, 2.45) is 10.7 Å². The van der Waals surface area contributed by atoms with Gasteiger partial charge in [0.1, 0.15) is 0 Å². The summed E-state index contributed by atoms with van der Waals surface area (Å²) in [4.78, 5) is 23.8. The van der Waals surface area contributed by atoms with Gasteiger partial charge < -0.3 is 15.5 Å². The van der Waals surface area contributed by atoms with Crippen LogP contribution in [0.1, 0.15) is 28.4 Å². The molecule has 2 aromatic heterocycles. The summed E-state index contributed by atoms with van der Waals surface area (Å²) in [5.74, 6) is 1.43. The van der Waals surface area contributed by atoms with Gasteiger partial charge in [-0.05, 0) is 31.7 Å². The zero-order chi connectivity index (χ0) is 17.8. The Hall–Kier alpha value is -1.49. The molecule has 0 atom stereocenters. The number of aryl methyl sites for hydroxylation is 2. The summed E-state index contributed by atoms with van der Waals surface area (Å²) in [6, 6.07) is 1.84. The number of nitrogens with zero attached hydrogens (tertiary/aromatic N) is 6. The number of piperazine rings is 1. The van der Waals surface area contributed by atoms with Gasteiger partial charge in [-0.3, -0.25) is 4.99 Å². The maximum absolute atomic E-state index is 6.20. The van der Waals surface area contributed by atoms with E-state index in [0.717, 1.165) is 45.0 Å². The van der Waals surface area contributed by atoms with E-state index in [4.69, 9.17) is 10.7 Å². The molecule has 0 unspecified atom stereocenters. The van der Waals surface area contributed by atoms with Crippen molar-refractivity contribution in [1.29, 1.82) is 0 Å². The average molecular weight is 499 g/mol. The molecule has 1 aliphatic heterocycles. The smallest absolute Gasteiger partial charge is 0.225 e. The van der Waals surface area contributed by atoms with E-state index < -0.39 is 0 Å². The SMILES string of the molecule is I.NC(=NCCc1nc2c(s1)CCCC2)N1CCN(c2ncccn2)CC1. The maximum atomic E-state index is 6.20. The minimum Gasteiger partial charge on any atom is -0.370 e. The fourth-order valence-electron chi connectivity index (χ4n) is 3.47. The Bertz CT molecular complexity index is 733. The van der Waals surface area contributed by atoms with Crippen LogP contribution in [0.2, 0.25) is 0 Å². The van der Waals surface area contributed by atoms with E-state index in [0.29, 0.717) is 12.5 Å². The number of halogens is 1. The van der Waals surface area contributed by atoms with Crippen LogP contribution in [0.25, 0.3) is 0 Å². The predicted molar refractivity (Wildman–Crippen MR) is 120 cm³/mol. The monoisotopic (exact) mass is 499 g/mol. The van der Waals surface area contributed by atoms with Crippen LogP contribution in [0.3, 0.4) is 0 Å². The van der Waals surface area contributed by atoms with Crippen LogP contribution in [0.15, 0.2) is 23.5 Å². The molecule has 0 aromatic carbocycles. The van der Waals surface area contributed by atoms with Crippen molar-refractivity contribution >= 4 is 47.2 Å². The van der Waals surface area contributed by atoms with Crippen LogP contribution >= 0.6 is 35.3 Å². The third kappa shape index (κ3) is 5.07. The van der Waals surface area contributed by atoms with Gasteiger partial charge in [-0.2, -0.15) is 0 Å². The number of aromatic nitrogens is 3. The number of hydrogen-bond donors (Lipinski definition) is 1. The lowest BCUT2D eigenvalue weighted by Crippen LogP contribution is -2.51. The van der Waals surface area contributed by atoms with Crippen molar-refractivity contribution in [3.63, 3.8) is 0 Å². The van der Waals surface area contributed by atoms with E-state index in [1.54, 1.807) is 12.4 Å². The number of nitrogens with two attached hydrogens (primary N) is 1. The molecular formula is C18H26IN7S. The van der Waals surface area contributed by atoms with Gasteiger partial charge in [-0.1, -0.05) is 0 Å². The summed E-state index contributed by atoms with van der Waals surface area (Å²) in [5.41, 5.74) is 7.53. The molecule has 146 valence electrons. The second kappa shape index (κ2) is 9.63. The largest absolute Gasteiger partial charge is 0.370 e. The molecule has 27 heavy (non-hydrogen) atoms. The van der Waals surface area contributed by atoms with Crippen LogP contribution in [0, 0.1) is 0 Å². The van der Waals surface area contributed by atoms with Crippen LogP contribution in [0.4, 0.5) is 5.95 Å². The van der Waals surface area contributed by atoms with Crippen molar-refractivity contribution in [2.45, 2.75) is 32.1 Å². The first-order valence-electron chi connectivity index (χ1n) is 9.34. The van der Waals surface area contributed by atoms with E-state index in [-0.39, 0.29) is 24.0 Å². The predicted octanol–water partition coefficient (Wildman–Crippen LogP) is 2.11. The Morgan fingerprint density at radius 1 is 1.11 bits per heavy atom.